The van der Waals surface area contributed by atoms with Gasteiger partial charge in [0.1, 0.15) is 5.69 Å². The third-order valence-corrected chi connectivity index (χ3v) is 4.23. The van der Waals surface area contributed by atoms with E-state index in [1.54, 1.807) is 0 Å². The Labute approximate surface area is 160 Å². The molecule has 0 radical (unpaired) electrons. The number of carbonyl (C=O) groups excluding carboxylic acids is 1. The van der Waals surface area contributed by atoms with Crippen LogP contribution in [-0.2, 0) is 11.0 Å². The quantitative estimate of drug-likeness (QED) is 0.348. The molecule has 7 nitrogen and oxygen atoms in total. The molecule has 1 atom stereocenters. The molecule has 1 aliphatic heterocycles. The van der Waals surface area contributed by atoms with Crippen molar-refractivity contribution in [3.63, 3.8) is 0 Å². The Morgan fingerprint density at radius 2 is 2.07 bits per heavy atom. The standard InChI is InChI=1S/C16H21F3N4O3.ClH/c17-16(18,19)12-2-3-13(14(9-12)23(25)26)21-7-8-22-15(24)4-1-11-5-6-20-10-11;/h2-3,9,11,20-21H,1,4-8,10H2,(H,22,24);1H. The van der Waals surface area contributed by atoms with Gasteiger partial charge in [0.2, 0.25) is 5.91 Å². The van der Waals surface area contributed by atoms with E-state index in [-0.39, 0.29) is 37.1 Å². The van der Waals surface area contributed by atoms with E-state index in [1.807, 2.05) is 0 Å². The van der Waals surface area contributed by atoms with E-state index in [4.69, 9.17) is 0 Å². The van der Waals surface area contributed by atoms with Gasteiger partial charge >= 0.3 is 6.18 Å². The second kappa shape index (κ2) is 10.3. The molecule has 1 aromatic rings. The van der Waals surface area contributed by atoms with Crippen molar-refractivity contribution in [1.29, 1.82) is 0 Å². The van der Waals surface area contributed by atoms with Crippen LogP contribution in [0.2, 0.25) is 0 Å². The zero-order valence-corrected chi connectivity index (χ0v) is 15.3. The number of alkyl halides is 3. The number of benzene rings is 1. The number of anilines is 1. The van der Waals surface area contributed by atoms with Crippen LogP contribution in [0.3, 0.4) is 0 Å². The van der Waals surface area contributed by atoms with Gasteiger partial charge in [-0.25, -0.2) is 0 Å². The molecule has 0 bridgehead atoms. The van der Waals surface area contributed by atoms with Gasteiger partial charge in [0.05, 0.1) is 10.5 Å². The normalized spacial score (nSPS) is 16.5. The van der Waals surface area contributed by atoms with Gasteiger partial charge in [-0.2, -0.15) is 13.2 Å². The number of nitro benzene ring substituents is 1. The summed E-state index contributed by atoms with van der Waals surface area (Å²) in [6, 6.07) is 2.30. The molecule has 152 valence electrons. The Balaban J connectivity index is 0.00000364. The van der Waals surface area contributed by atoms with Gasteiger partial charge in [-0.15, -0.1) is 12.4 Å². The number of nitrogens with zero attached hydrogens (tertiary/aromatic N) is 1. The fourth-order valence-electron chi connectivity index (χ4n) is 2.79. The molecule has 1 fully saturated rings. The first-order chi connectivity index (χ1) is 12.3. The summed E-state index contributed by atoms with van der Waals surface area (Å²) >= 11 is 0. The van der Waals surface area contributed by atoms with Crippen LogP contribution in [0.25, 0.3) is 0 Å². The molecule has 27 heavy (non-hydrogen) atoms. The molecule has 1 aliphatic rings. The molecule has 0 aromatic heterocycles. The molecule has 0 spiro atoms. The van der Waals surface area contributed by atoms with Crippen LogP contribution in [-0.4, -0.2) is 37.0 Å². The summed E-state index contributed by atoms with van der Waals surface area (Å²) in [5, 5.41) is 19.6. The Bertz CT molecular complexity index is 652. The summed E-state index contributed by atoms with van der Waals surface area (Å²) < 4.78 is 37.9. The van der Waals surface area contributed by atoms with Crippen LogP contribution in [0, 0.1) is 16.0 Å². The van der Waals surface area contributed by atoms with Gasteiger partial charge in [-0.3, -0.25) is 14.9 Å². The van der Waals surface area contributed by atoms with Gasteiger partial charge in [-0.05, 0) is 44.0 Å². The van der Waals surface area contributed by atoms with E-state index in [1.165, 1.54) is 0 Å². The Morgan fingerprint density at radius 3 is 2.67 bits per heavy atom. The molecule has 1 aromatic carbocycles. The lowest BCUT2D eigenvalue weighted by molar-refractivity contribution is -0.384. The predicted octanol–water partition coefficient (Wildman–Crippen LogP) is 2.95. The third kappa shape index (κ3) is 7.22. The lowest BCUT2D eigenvalue weighted by Gasteiger charge is -2.11. The minimum absolute atomic E-state index is 0. The minimum atomic E-state index is -4.65. The third-order valence-electron chi connectivity index (χ3n) is 4.23. The molecule has 2 rings (SSSR count). The fraction of sp³-hybridized carbons (Fsp3) is 0.562. The summed E-state index contributed by atoms with van der Waals surface area (Å²) in [4.78, 5) is 21.9. The summed E-state index contributed by atoms with van der Waals surface area (Å²) in [6.07, 6.45) is -2.37. The van der Waals surface area contributed by atoms with Crippen LogP contribution in [0.5, 0.6) is 0 Å². The number of amides is 1. The maximum absolute atomic E-state index is 12.6. The van der Waals surface area contributed by atoms with Crippen molar-refractivity contribution >= 4 is 29.7 Å². The van der Waals surface area contributed by atoms with Crippen LogP contribution < -0.4 is 16.0 Å². The molecule has 1 amide bonds. The van der Waals surface area contributed by atoms with Crippen LogP contribution in [0.15, 0.2) is 18.2 Å². The first-order valence-corrected chi connectivity index (χ1v) is 8.34. The first kappa shape index (κ1) is 23.0. The summed E-state index contributed by atoms with van der Waals surface area (Å²) in [7, 11) is 0. The van der Waals surface area contributed by atoms with E-state index in [0.717, 1.165) is 38.1 Å². The fourth-order valence-corrected chi connectivity index (χ4v) is 2.79. The van der Waals surface area contributed by atoms with Gasteiger partial charge in [0.15, 0.2) is 0 Å². The monoisotopic (exact) mass is 410 g/mol. The summed E-state index contributed by atoms with van der Waals surface area (Å²) in [5.41, 5.74) is -1.75. The SMILES string of the molecule is Cl.O=C(CCC1CCNC1)NCCNc1ccc(C(F)(F)F)cc1[N+](=O)[O-]. The van der Waals surface area contributed by atoms with Crippen LogP contribution >= 0.6 is 12.4 Å². The minimum Gasteiger partial charge on any atom is -0.378 e. The van der Waals surface area contributed by atoms with Gasteiger partial charge in [-0.1, -0.05) is 0 Å². The van der Waals surface area contributed by atoms with Crippen molar-refractivity contribution in [3.8, 4) is 0 Å². The zero-order valence-electron chi connectivity index (χ0n) is 14.5. The Hall–Kier alpha value is -2.07. The number of rotatable bonds is 8. The second-order valence-electron chi connectivity index (χ2n) is 6.16. The van der Waals surface area contributed by atoms with Crippen LogP contribution in [0.1, 0.15) is 24.8 Å². The smallest absolute Gasteiger partial charge is 0.378 e. The summed E-state index contributed by atoms with van der Waals surface area (Å²) in [6.45, 7) is 2.29. The number of nitro groups is 1. The van der Waals surface area contributed by atoms with Crippen molar-refractivity contribution < 1.29 is 22.9 Å². The number of halogens is 4. The van der Waals surface area contributed by atoms with Gasteiger partial charge < -0.3 is 16.0 Å². The number of hydrogen-bond donors (Lipinski definition) is 3. The van der Waals surface area contributed by atoms with E-state index in [9.17, 15) is 28.1 Å². The van der Waals surface area contributed by atoms with E-state index < -0.39 is 22.4 Å². The second-order valence-corrected chi connectivity index (χ2v) is 6.16. The van der Waals surface area contributed by atoms with E-state index in [0.29, 0.717) is 18.4 Å². The molecule has 0 saturated carbocycles. The van der Waals surface area contributed by atoms with Crippen molar-refractivity contribution in [2.45, 2.75) is 25.4 Å². The lowest BCUT2D eigenvalue weighted by atomic mass is 10.0. The van der Waals surface area contributed by atoms with Crippen molar-refractivity contribution in [2.75, 3.05) is 31.5 Å². The highest BCUT2D eigenvalue weighted by Crippen LogP contribution is 2.34. The maximum Gasteiger partial charge on any atom is 0.416 e. The van der Waals surface area contributed by atoms with E-state index >= 15 is 0 Å². The highest BCUT2D eigenvalue weighted by molar-refractivity contribution is 5.85. The zero-order chi connectivity index (χ0) is 19.2. The average Bonchev–Trinajstić information content (AvgIpc) is 3.09. The topological polar surface area (TPSA) is 96.3 Å². The Kier molecular flexibility index (Phi) is 8.77. The molecular formula is C16H22ClF3N4O3. The first-order valence-electron chi connectivity index (χ1n) is 8.34. The predicted molar refractivity (Wildman–Crippen MR) is 97.1 cm³/mol. The number of carbonyl (C=O) groups is 1. The van der Waals surface area contributed by atoms with Gasteiger partial charge in [0, 0.05) is 25.6 Å². The summed E-state index contributed by atoms with van der Waals surface area (Å²) in [5.74, 6) is 0.397. The lowest BCUT2D eigenvalue weighted by Crippen LogP contribution is -2.29. The molecule has 3 N–H and O–H groups in total. The Morgan fingerprint density at radius 1 is 1.33 bits per heavy atom. The van der Waals surface area contributed by atoms with Crippen molar-refractivity contribution in [3.05, 3.63) is 33.9 Å². The molecule has 1 unspecified atom stereocenters. The molecule has 11 heteroatoms. The molecule has 0 aliphatic carbocycles. The molecule has 1 heterocycles. The van der Waals surface area contributed by atoms with Crippen molar-refractivity contribution in [2.24, 2.45) is 5.92 Å². The van der Waals surface area contributed by atoms with Gasteiger partial charge in [0.25, 0.3) is 5.69 Å². The van der Waals surface area contributed by atoms with Crippen molar-refractivity contribution in [1.82, 2.24) is 10.6 Å². The number of nitrogens with one attached hydrogen (secondary N) is 3. The average molecular weight is 411 g/mol. The maximum atomic E-state index is 12.6. The highest BCUT2D eigenvalue weighted by atomic mass is 35.5. The number of hydrogen-bond acceptors (Lipinski definition) is 5. The molecule has 1 saturated heterocycles. The van der Waals surface area contributed by atoms with Crippen LogP contribution in [0.4, 0.5) is 24.5 Å². The largest absolute Gasteiger partial charge is 0.416 e. The highest BCUT2D eigenvalue weighted by Gasteiger charge is 2.33. The molecular weight excluding hydrogens is 389 g/mol. The van der Waals surface area contributed by atoms with E-state index in [2.05, 4.69) is 16.0 Å².